The Kier molecular flexibility index (Phi) is 3.17. The Morgan fingerprint density at radius 2 is 1.06 bits per heavy atom. The van der Waals surface area contributed by atoms with Gasteiger partial charge in [-0.05, 0) is 24.3 Å². The average Bonchev–Trinajstić information content (AvgIpc) is 2.47. The van der Waals surface area contributed by atoms with Crippen LogP contribution in [0, 0.1) is 10.8 Å². The van der Waals surface area contributed by atoms with Crippen molar-refractivity contribution in [1.29, 1.82) is 10.8 Å². The zero-order valence-electron chi connectivity index (χ0n) is 9.85. The molecular weight excluding hydrogens is 226 g/mol. The van der Waals surface area contributed by atoms with Crippen LogP contribution in [0.1, 0.15) is 0 Å². The van der Waals surface area contributed by atoms with Crippen molar-refractivity contribution in [3.05, 3.63) is 58.5 Å². The van der Waals surface area contributed by atoms with Crippen LogP contribution >= 0.6 is 0 Å². The van der Waals surface area contributed by atoms with E-state index in [0.29, 0.717) is 11.4 Å². The van der Waals surface area contributed by atoms with E-state index >= 15 is 0 Å². The first-order valence-corrected chi connectivity index (χ1v) is 5.38. The summed E-state index contributed by atoms with van der Waals surface area (Å²) in [4.78, 5) is 8.19. The molecule has 5 heteroatoms. The average molecular weight is 237 g/mol. The minimum atomic E-state index is 0.515. The fourth-order valence-corrected chi connectivity index (χ4v) is 1.63. The van der Waals surface area contributed by atoms with E-state index in [1.54, 1.807) is 24.3 Å². The standard InChI is InChI=1S/C13H11N5/c1-18(12-6-2-10(16-14)3-7-12)13-8-4-11(17-15)5-9-13/h2-9H,1H3/q+2. The lowest BCUT2D eigenvalue weighted by molar-refractivity contribution is 1.21. The highest BCUT2D eigenvalue weighted by atomic mass is 15.1. The van der Waals surface area contributed by atoms with Gasteiger partial charge in [0.05, 0.1) is 0 Å². The molecule has 0 saturated heterocycles. The van der Waals surface area contributed by atoms with Crippen LogP contribution in [0.15, 0.2) is 48.5 Å². The van der Waals surface area contributed by atoms with Crippen molar-refractivity contribution in [2.75, 3.05) is 11.9 Å². The molecule has 2 rings (SSSR count). The lowest BCUT2D eigenvalue weighted by atomic mass is 10.2. The van der Waals surface area contributed by atoms with Gasteiger partial charge in [-0.2, -0.15) is 0 Å². The molecule has 0 N–H and O–H groups in total. The van der Waals surface area contributed by atoms with E-state index in [9.17, 15) is 0 Å². The summed E-state index contributed by atoms with van der Waals surface area (Å²) < 4.78 is 0. The van der Waals surface area contributed by atoms with E-state index in [2.05, 4.69) is 9.95 Å². The van der Waals surface area contributed by atoms with Gasteiger partial charge in [0.15, 0.2) is 9.95 Å². The number of benzene rings is 2. The maximum absolute atomic E-state index is 8.62. The largest absolute Gasteiger partial charge is 0.385 e. The van der Waals surface area contributed by atoms with E-state index in [0.717, 1.165) is 11.4 Å². The molecule has 0 spiro atoms. The van der Waals surface area contributed by atoms with Gasteiger partial charge >= 0.3 is 11.4 Å². The summed E-state index contributed by atoms with van der Waals surface area (Å²) in [6, 6.07) is 14.3. The first-order chi connectivity index (χ1) is 8.74. The third-order valence-corrected chi connectivity index (χ3v) is 2.70. The molecule has 0 atom stereocenters. The van der Waals surface area contributed by atoms with E-state index in [4.69, 9.17) is 10.8 Å². The van der Waals surface area contributed by atoms with Gasteiger partial charge in [0.2, 0.25) is 10.8 Å². The smallest absolute Gasteiger partial charge is 0.345 e. The van der Waals surface area contributed by atoms with E-state index in [1.807, 2.05) is 36.2 Å². The fourth-order valence-electron chi connectivity index (χ4n) is 1.63. The molecule has 0 radical (unpaired) electrons. The molecule has 0 aliphatic carbocycles. The van der Waals surface area contributed by atoms with Crippen molar-refractivity contribution in [2.45, 2.75) is 0 Å². The van der Waals surface area contributed by atoms with Gasteiger partial charge in [0.1, 0.15) is 0 Å². The summed E-state index contributed by atoms with van der Waals surface area (Å²) in [5, 5.41) is 17.2. The van der Waals surface area contributed by atoms with Gasteiger partial charge in [0, 0.05) is 42.7 Å². The Balaban J connectivity index is 2.27. The quantitative estimate of drug-likeness (QED) is 0.726. The summed E-state index contributed by atoms with van der Waals surface area (Å²) >= 11 is 0. The van der Waals surface area contributed by atoms with Gasteiger partial charge in [-0.25, -0.2) is 0 Å². The molecule has 0 bridgehead atoms. The second-order valence-electron chi connectivity index (χ2n) is 3.79. The number of diazo groups is 2. The monoisotopic (exact) mass is 237 g/mol. The first kappa shape index (κ1) is 11.6. The van der Waals surface area contributed by atoms with Gasteiger partial charge in [-0.1, -0.05) is 0 Å². The summed E-state index contributed by atoms with van der Waals surface area (Å²) in [7, 11) is 1.93. The molecule has 0 amide bonds. The normalized spacial score (nSPS) is 9.28. The van der Waals surface area contributed by atoms with Crippen LogP contribution in [0.3, 0.4) is 0 Å². The number of anilines is 2. The Morgan fingerprint density at radius 3 is 1.33 bits per heavy atom. The summed E-state index contributed by atoms with van der Waals surface area (Å²) in [5.41, 5.74) is 2.97. The molecule has 5 nitrogen and oxygen atoms in total. The molecule has 0 fully saturated rings. The molecule has 0 aromatic heterocycles. The third kappa shape index (κ3) is 2.26. The van der Waals surface area contributed by atoms with Crippen LogP contribution < -0.4 is 4.90 Å². The summed E-state index contributed by atoms with van der Waals surface area (Å²) in [5.74, 6) is 0. The van der Waals surface area contributed by atoms with Crippen molar-refractivity contribution in [3.8, 4) is 0 Å². The van der Waals surface area contributed by atoms with Crippen molar-refractivity contribution >= 4 is 22.7 Å². The molecule has 0 saturated carbocycles. The molecule has 18 heavy (non-hydrogen) atoms. The van der Waals surface area contributed by atoms with Crippen LogP contribution in [-0.4, -0.2) is 7.05 Å². The zero-order valence-corrected chi connectivity index (χ0v) is 9.85. The van der Waals surface area contributed by atoms with E-state index in [-0.39, 0.29) is 0 Å². The van der Waals surface area contributed by atoms with Gasteiger partial charge in [-0.3, -0.25) is 0 Å². The van der Waals surface area contributed by atoms with Crippen molar-refractivity contribution in [2.24, 2.45) is 0 Å². The highest BCUT2D eigenvalue weighted by molar-refractivity contribution is 5.66. The minimum Gasteiger partial charge on any atom is -0.345 e. The van der Waals surface area contributed by atoms with E-state index < -0.39 is 0 Å². The highest BCUT2D eigenvalue weighted by Crippen LogP contribution is 2.27. The lowest BCUT2D eigenvalue weighted by Gasteiger charge is -2.18. The van der Waals surface area contributed by atoms with Crippen LogP contribution in [0.5, 0.6) is 0 Å². The predicted octanol–water partition coefficient (Wildman–Crippen LogP) is 4.42. The molecule has 0 unspecified atom stereocenters. The minimum absolute atomic E-state index is 0.515. The Morgan fingerprint density at radius 1 is 0.722 bits per heavy atom. The van der Waals surface area contributed by atoms with Gasteiger partial charge in [-0.15, -0.1) is 0 Å². The maximum Gasteiger partial charge on any atom is 0.385 e. The SMILES string of the molecule is CN(c1ccc([N+]#N)cc1)c1ccc([N+]#N)cc1. The van der Waals surface area contributed by atoms with Crippen LogP contribution in [0.25, 0.3) is 9.95 Å². The fraction of sp³-hybridized carbons (Fsp3) is 0.0769. The molecule has 0 aliphatic heterocycles. The van der Waals surface area contributed by atoms with Crippen molar-refractivity contribution in [1.82, 2.24) is 0 Å². The van der Waals surface area contributed by atoms with Crippen LogP contribution in [0.2, 0.25) is 0 Å². The van der Waals surface area contributed by atoms with Crippen LogP contribution in [0.4, 0.5) is 22.7 Å². The Labute approximate surface area is 105 Å². The second kappa shape index (κ2) is 4.94. The number of hydrogen-bond acceptors (Lipinski definition) is 3. The molecule has 0 aliphatic rings. The Hall–Kier alpha value is -2.92. The van der Waals surface area contributed by atoms with Crippen molar-refractivity contribution in [3.63, 3.8) is 0 Å². The second-order valence-corrected chi connectivity index (χ2v) is 3.79. The lowest BCUT2D eigenvalue weighted by Crippen LogP contribution is -2.08. The topological polar surface area (TPSA) is 59.5 Å². The summed E-state index contributed by atoms with van der Waals surface area (Å²) in [6.45, 7) is 0. The molecular formula is C13H11N5+2. The summed E-state index contributed by atoms with van der Waals surface area (Å²) in [6.07, 6.45) is 0. The maximum atomic E-state index is 8.62. The van der Waals surface area contributed by atoms with E-state index in [1.165, 1.54) is 0 Å². The van der Waals surface area contributed by atoms with Crippen LogP contribution in [-0.2, 0) is 0 Å². The number of rotatable bonds is 2. The molecule has 2 aromatic rings. The number of hydrogen-bond donors (Lipinski definition) is 0. The predicted molar refractivity (Wildman–Crippen MR) is 70.4 cm³/mol. The van der Waals surface area contributed by atoms with Gasteiger partial charge in [0.25, 0.3) is 0 Å². The first-order valence-electron chi connectivity index (χ1n) is 5.38. The highest BCUT2D eigenvalue weighted by Gasteiger charge is 2.09. The Bertz CT molecular complexity index is 559. The zero-order chi connectivity index (χ0) is 13.0. The number of nitrogens with zero attached hydrogens (tertiary/aromatic N) is 5. The van der Waals surface area contributed by atoms with Gasteiger partial charge < -0.3 is 4.90 Å². The van der Waals surface area contributed by atoms with Crippen molar-refractivity contribution < 1.29 is 0 Å². The molecule has 0 heterocycles. The third-order valence-electron chi connectivity index (χ3n) is 2.70. The molecule has 86 valence electrons. The molecule has 2 aromatic carbocycles.